The van der Waals surface area contributed by atoms with E-state index in [4.69, 9.17) is 5.11 Å². The van der Waals surface area contributed by atoms with E-state index in [-0.39, 0.29) is 6.61 Å². The lowest BCUT2D eigenvalue weighted by Crippen LogP contribution is -1.98. The Morgan fingerprint density at radius 1 is 1.20 bits per heavy atom. The first-order valence-corrected chi connectivity index (χ1v) is 4.65. The van der Waals surface area contributed by atoms with Crippen molar-refractivity contribution in [1.82, 2.24) is 15.0 Å². The van der Waals surface area contributed by atoms with Crippen LogP contribution in [-0.2, 0) is 6.61 Å². The largest absolute Gasteiger partial charge is 0.388 e. The molecule has 0 atom stereocenters. The molecule has 0 aromatic carbocycles. The first-order valence-electron chi connectivity index (χ1n) is 4.65. The summed E-state index contributed by atoms with van der Waals surface area (Å²) in [5.74, 6) is 0.446. The topological polar surface area (TPSA) is 58.9 Å². The van der Waals surface area contributed by atoms with Gasteiger partial charge in [0.25, 0.3) is 0 Å². The first-order chi connectivity index (χ1) is 7.29. The molecule has 1 N–H and O–H groups in total. The molecule has 0 aliphatic carbocycles. The molecular weight excluding hydrogens is 190 g/mol. The summed E-state index contributed by atoms with van der Waals surface area (Å²) in [6.07, 6.45) is 3.43. The highest BCUT2D eigenvalue weighted by molar-refractivity contribution is 5.58. The number of hydrogen-bond donors (Lipinski definition) is 1. The Labute approximate surface area is 87.7 Å². The van der Waals surface area contributed by atoms with Crippen molar-refractivity contribution in [3.63, 3.8) is 0 Å². The summed E-state index contributed by atoms with van der Waals surface area (Å²) in [6.45, 7) is 1.74. The summed E-state index contributed by atoms with van der Waals surface area (Å²) < 4.78 is 0. The van der Waals surface area contributed by atoms with Gasteiger partial charge in [0.2, 0.25) is 0 Å². The molecule has 4 nitrogen and oxygen atoms in total. The Morgan fingerprint density at radius 3 is 2.60 bits per heavy atom. The SMILES string of the molecule is Cc1cc(-c2ccncc2)nc(CO)n1. The van der Waals surface area contributed by atoms with E-state index in [1.807, 2.05) is 25.1 Å². The van der Waals surface area contributed by atoms with E-state index < -0.39 is 0 Å². The number of hydrogen-bond acceptors (Lipinski definition) is 4. The molecule has 0 aliphatic heterocycles. The van der Waals surface area contributed by atoms with Crippen LogP contribution in [0.3, 0.4) is 0 Å². The van der Waals surface area contributed by atoms with E-state index in [1.165, 1.54) is 0 Å². The summed E-state index contributed by atoms with van der Waals surface area (Å²) in [5, 5.41) is 9.00. The van der Waals surface area contributed by atoms with Gasteiger partial charge in [-0.25, -0.2) is 9.97 Å². The molecule has 2 aromatic heterocycles. The van der Waals surface area contributed by atoms with Gasteiger partial charge < -0.3 is 5.11 Å². The van der Waals surface area contributed by atoms with Crippen LogP contribution in [-0.4, -0.2) is 20.1 Å². The lowest BCUT2D eigenvalue weighted by atomic mass is 10.2. The van der Waals surface area contributed by atoms with Crippen LogP contribution >= 0.6 is 0 Å². The smallest absolute Gasteiger partial charge is 0.154 e. The molecule has 2 aromatic rings. The maximum atomic E-state index is 9.00. The highest BCUT2D eigenvalue weighted by Gasteiger charge is 2.03. The third kappa shape index (κ3) is 2.16. The van der Waals surface area contributed by atoms with Crippen molar-refractivity contribution in [2.75, 3.05) is 0 Å². The van der Waals surface area contributed by atoms with Gasteiger partial charge in [0.15, 0.2) is 5.82 Å². The third-order valence-corrected chi connectivity index (χ3v) is 2.02. The van der Waals surface area contributed by atoms with E-state index >= 15 is 0 Å². The lowest BCUT2D eigenvalue weighted by molar-refractivity contribution is 0.271. The van der Waals surface area contributed by atoms with Crippen LogP contribution in [0.2, 0.25) is 0 Å². The van der Waals surface area contributed by atoms with Gasteiger partial charge in [-0.3, -0.25) is 4.98 Å². The number of nitrogens with zero attached hydrogens (tertiary/aromatic N) is 3. The minimum atomic E-state index is -0.139. The van der Waals surface area contributed by atoms with Crippen molar-refractivity contribution in [3.05, 3.63) is 42.1 Å². The van der Waals surface area contributed by atoms with Crippen molar-refractivity contribution in [2.24, 2.45) is 0 Å². The Morgan fingerprint density at radius 2 is 1.93 bits per heavy atom. The molecule has 0 fully saturated rings. The fourth-order valence-corrected chi connectivity index (χ4v) is 1.37. The van der Waals surface area contributed by atoms with Crippen molar-refractivity contribution >= 4 is 0 Å². The third-order valence-electron chi connectivity index (χ3n) is 2.02. The normalized spacial score (nSPS) is 10.3. The molecule has 2 heterocycles. The molecule has 0 spiro atoms. The maximum Gasteiger partial charge on any atom is 0.154 e. The van der Waals surface area contributed by atoms with Crippen molar-refractivity contribution in [3.8, 4) is 11.3 Å². The number of aliphatic hydroxyl groups excluding tert-OH is 1. The maximum absolute atomic E-state index is 9.00. The van der Waals surface area contributed by atoms with Crippen LogP contribution in [0.25, 0.3) is 11.3 Å². The Bertz CT molecular complexity index is 457. The zero-order valence-corrected chi connectivity index (χ0v) is 8.38. The predicted molar refractivity (Wildman–Crippen MR) is 55.9 cm³/mol. The second-order valence-corrected chi connectivity index (χ2v) is 3.20. The number of aliphatic hydroxyl groups is 1. The van der Waals surface area contributed by atoms with Gasteiger partial charge in [0.1, 0.15) is 6.61 Å². The van der Waals surface area contributed by atoms with Crippen molar-refractivity contribution in [1.29, 1.82) is 0 Å². The predicted octanol–water partition coefficient (Wildman–Crippen LogP) is 1.34. The zero-order chi connectivity index (χ0) is 10.7. The summed E-state index contributed by atoms with van der Waals surface area (Å²) in [5.41, 5.74) is 2.64. The van der Waals surface area contributed by atoms with Gasteiger partial charge in [-0.1, -0.05) is 0 Å². The second kappa shape index (κ2) is 4.14. The standard InChI is InChI=1S/C11H11N3O/c1-8-6-10(14-11(7-15)13-8)9-2-4-12-5-3-9/h2-6,15H,7H2,1H3. The quantitative estimate of drug-likeness (QED) is 0.796. The summed E-state index contributed by atoms with van der Waals surface area (Å²) >= 11 is 0. The first kappa shape index (κ1) is 9.73. The van der Waals surface area contributed by atoms with E-state index in [2.05, 4.69) is 15.0 Å². The fourth-order valence-electron chi connectivity index (χ4n) is 1.37. The molecule has 0 saturated carbocycles. The van der Waals surface area contributed by atoms with Crippen LogP contribution in [0.4, 0.5) is 0 Å². The van der Waals surface area contributed by atoms with Gasteiger partial charge >= 0.3 is 0 Å². The summed E-state index contributed by atoms with van der Waals surface area (Å²) in [4.78, 5) is 12.3. The van der Waals surface area contributed by atoms with Gasteiger partial charge in [-0.2, -0.15) is 0 Å². The Kier molecular flexibility index (Phi) is 2.69. The zero-order valence-electron chi connectivity index (χ0n) is 8.38. The minimum absolute atomic E-state index is 0.139. The summed E-state index contributed by atoms with van der Waals surface area (Å²) in [6, 6.07) is 5.64. The monoisotopic (exact) mass is 201 g/mol. The Hall–Kier alpha value is -1.81. The molecule has 0 amide bonds. The second-order valence-electron chi connectivity index (χ2n) is 3.20. The number of rotatable bonds is 2. The summed E-state index contributed by atoms with van der Waals surface area (Å²) in [7, 11) is 0. The lowest BCUT2D eigenvalue weighted by Gasteiger charge is -2.03. The molecule has 2 rings (SSSR count). The van der Waals surface area contributed by atoms with E-state index in [9.17, 15) is 0 Å². The van der Waals surface area contributed by atoms with Crippen LogP contribution in [0, 0.1) is 6.92 Å². The van der Waals surface area contributed by atoms with E-state index in [0.29, 0.717) is 5.82 Å². The Balaban J connectivity index is 2.49. The van der Waals surface area contributed by atoms with Crippen LogP contribution < -0.4 is 0 Å². The van der Waals surface area contributed by atoms with E-state index in [1.54, 1.807) is 12.4 Å². The van der Waals surface area contributed by atoms with Crippen LogP contribution in [0.15, 0.2) is 30.6 Å². The van der Waals surface area contributed by atoms with Gasteiger partial charge in [0, 0.05) is 23.7 Å². The van der Waals surface area contributed by atoms with Crippen molar-refractivity contribution < 1.29 is 5.11 Å². The molecule has 0 bridgehead atoms. The van der Waals surface area contributed by atoms with Gasteiger partial charge in [-0.15, -0.1) is 0 Å². The van der Waals surface area contributed by atoms with Crippen molar-refractivity contribution in [2.45, 2.75) is 13.5 Å². The highest BCUT2D eigenvalue weighted by Crippen LogP contribution is 2.16. The highest BCUT2D eigenvalue weighted by atomic mass is 16.3. The van der Waals surface area contributed by atoms with E-state index in [0.717, 1.165) is 17.0 Å². The van der Waals surface area contributed by atoms with Gasteiger partial charge in [0.05, 0.1) is 5.69 Å². The van der Waals surface area contributed by atoms with Gasteiger partial charge in [-0.05, 0) is 25.1 Å². The molecular formula is C11H11N3O. The number of pyridine rings is 1. The molecule has 76 valence electrons. The molecule has 0 unspecified atom stereocenters. The fraction of sp³-hybridized carbons (Fsp3) is 0.182. The number of aromatic nitrogens is 3. The average molecular weight is 201 g/mol. The molecule has 0 saturated heterocycles. The van der Waals surface area contributed by atoms with Crippen LogP contribution in [0.1, 0.15) is 11.5 Å². The molecule has 0 aliphatic rings. The average Bonchev–Trinajstić information content (AvgIpc) is 2.29. The van der Waals surface area contributed by atoms with Crippen LogP contribution in [0.5, 0.6) is 0 Å². The molecule has 4 heteroatoms. The molecule has 15 heavy (non-hydrogen) atoms. The number of aryl methyl sites for hydroxylation is 1. The molecule has 0 radical (unpaired) electrons. The minimum Gasteiger partial charge on any atom is -0.388 e.